The lowest BCUT2D eigenvalue weighted by molar-refractivity contribution is -0.534. The van der Waals surface area contributed by atoms with E-state index in [9.17, 15) is 13.9 Å². The zero-order valence-electron chi connectivity index (χ0n) is 16.3. The van der Waals surface area contributed by atoms with Gasteiger partial charge in [0.1, 0.15) is 5.69 Å². The number of hydrogen-bond acceptors (Lipinski definition) is 3. The summed E-state index contributed by atoms with van der Waals surface area (Å²) in [5, 5.41) is 11.8. The summed E-state index contributed by atoms with van der Waals surface area (Å²) in [6.45, 7) is 3.46. The molecule has 0 amide bonds. The van der Waals surface area contributed by atoms with Crippen LogP contribution in [0.5, 0.6) is 0 Å². The third-order valence-electron chi connectivity index (χ3n) is 5.57. The summed E-state index contributed by atoms with van der Waals surface area (Å²) in [4.78, 5) is 2.55. The van der Waals surface area contributed by atoms with Crippen molar-refractivity contribution in [3.63, 3.8) is 0 Å². The van der Waals surface area contributed by atoms with E-state index in [0.717, 1.165) is 42.9 Å². The van der Waals surface area contributed by atoms with Crippen LogP contribution in [0.1, 0.15) is 36.8 Å². The number of aryl methyl sites for hydroxylation is 1. The van der Waals surface area contributed by atoms with Gasteiger partial charge in [-0.2, -0.15) is 13.7 Å². The second kappa shape index (κ2) is 9.14. The van der Waals surface area contributed by atoms with Crippen LogP contribution >= 0.6 is 11.8 Å². The molecule has 3 nitrogen and oxygen atoms in total. The molecular formula is C22H25BrF2N2OS. The van der Waals surface area contributed by atoms with E-state index in [2.05, 4.69) is 16.7 Å². The average molecular weight is 483 g/mol. The number of aliphatic hydroxyl groups is 1. The van der Waals surface area contributed by atoms with E-state index in [4.69, 9.17) is 0 Å². The van der Waals surface area contributed by atoms with Crippen molar-refractivity contribution in [1.82, 2.24) is 0 Å². The van der Waals surface area contributed by atoms with Gasteiger partial charge in [-0.25, -0.2) is 0 Å². The van der Waals surface area contributed by atoms with E-state index in [-0.39, 0.29) is 17.0 Å². The maximum atomic E-state index is 12.6. The molecule has 2 aromatic carbocycles. The zero-order chi connectivity index (χ0) is 19.7. The van der Waals surface area contributed by atoms with Crippen LogP contribution in [0, 0.1) is 6.92 Å². The van der Waals surface area contributed by atoms with E-state index in [1.54, 1.807) is 24.3 Å². The fraction of sp³-hybridized carbons (Fsp3) is 0.409. The molecule has 156 valence electrons. The molecule has 4 rings (SSSR count). The maximum absolute atomic E-state index is 12.6. The second-order valence-corrected chi connectivity index (χ2v) is 8.60. The summed E-state index contributed by atoms with van der Waals surface area (Å²) in [6, 6.07) is 15.1. The summed E-state index contributed by atoms with van der Waals surface area (Å²) in [5.74, 6) is -1.30. The fourth-order valence-electron chi connectivity index (χ4n) is 4.20. The highest BCUT2D eigenvalue weighted by Gasteiger charge is 2.53. The van der Waals surface area contributed by atoms with Gasteiger partial charge in [0.25, 0.3) is 17.3 Å². The van der Waals surface area contributed by atoms with E-state index in [1.165, 1.54) is 12.0 Å². The number of halogens is 3. The van der Waals surface area contributed by atoms with Crippen molar-refractivity contribution in [2.24, 2.45) is 0 Å². The smallest absolute Gasteiger partial charge is 0.288 e. The highest BCUT2D eigenvalue weighted by atomic mass is 79.9. The quantitative estimate of drug-likeness (QED) is 0.532. The molecule has 0 saturated carbocycles. The van der Waals surface area contributed by atoms with E-state index >= 15 is 0 Å². The summed E-state index contributed by atoms with van der Waals surface area (Å²) in [5.41, 5.74) is 1.64. The Hall–Kier alpha value is -1.44. The number of rotatable bonds is 4. The number of thioether (sulfide) groups is 1. The lowest BCUT2D eigenvalue weighted by atomic mass is 10.00. The Kier molecular flexibility index (Phi) is 7.02. The molecule has 2 aliphatic heterocycles. The molecule has 2 aromatic rings. The van der Waals surface area contributed by atoms with Crippen LogP contribution < -0.4 is 21.9 Å². The van der Waals surface area contributed by atoms with Crippen LogP contribution in [-0.4, -0.2) is 34.4 Å². The minimum absolute atomic E-state index is 0. The molecule has 0 radical (unpaired) electrons. The lowest BCUT2D eigenvalue weighted by Gasteiger charge is -2.29. The number of nitrogens with zero attached hydrogens (tertiary/aromatic N) is 2. The predicted molar refractivity (Wildman–Crippen MR) is 109 cm³/mol. The van der Waals surface area contributed by atoms with Gasteiger partial charge in [0.15, 0.2) is 6.54 Å². The molecule has 1 atom stereocenters. The first-order valence-corrected chi connectivity index (χ1v) is 10.6. The van der Waals surface area contributed by atoms with Crippen molar-refractivity contribution in [2.45, 2.75) is 49.0 Å². The third kappa shape index (κ3) is 4.52. The molecule has 2 aliphatic rings. The van der Waals surface area contributed by atoms with Gasteiger partial charge in [-0.15, -0.1) is 0 Å². The predicted octanol–water partition coefficient (Wildman–Crippen LogP) is 1.96. The molecule has 0 aliphatic carbocycles. The minimum Gasteiger partial charge on any atom is -1.00 e. The van der Waals surface area contributed by atoms with Gasteiger partial charge in [0.05, 0.1) is 6.54 Å². The van der Waals surface area contributed by atoms with Crippen LogP contribution in [0.4, 0.5) is 14.5 Å². The Bertz CT molecular complexity index is 873. The highest BCUT2D eigenvalue weighted by molar-refractivity contribution is 7.99. The topological polar surface area (TPSA) is 26.5 Å². The minimum atomic E-state index is -2.45. The summed E-state index contributed by atoms with van der Waals surface area (Å²) in [6.07, 6.45) is 4.34. The molecule has 1 unspecified atom stereocenters. The molecule has 29 heavy (non-hydrogen) atoms. The monoisotopic (exact) mass is 482 g/mol. The van der Waals surface area contributed by atoms with Gasteiger partial charge in [0, 0.05) is 16.9 Å². The van der Waals surface area contributed by atoms with Gasteiger partial charge in [-0.1, -0.05) is 41.6 Å². The van der Waals surface area contributed by atoms with Crippen LogP contribution in [0.3, 0.4) is 0 Å². The van der Waals surface area contributed by atoms with Gasteiger partial charge >= 0.3 is 0 Å². The maximum Gasteiger partial charge on any atom is 0.288 e. The molecule has 1 N–H and O–H groups in total. The van der Waals surface area contributed by atoms with E-state index < -0.39 is 11.5 Å². The number of benzene rings is 2. The van der Waals surface area contributed by atoms with Crippen LogP contribution in [0.15, 0.2) is 53.4 Å². The van der Waals surface area contributed by atoms with Crippen LogP contribution in [0.2, 0.25) is 0 Å². The normalized spacial score (nSPS) is 21.8. The van der Waals surface area contributed by atoms with E-state index in [1.807, 2.05) is 24.0 Å². The number of amidine groups is 1. The molecule has 0 saturated heterocycles. The van der Waals surface area contributed by atoms with Gasteiger partial charge < -0.3 is 22.1 Å². The Morgan fingerprint density at radius 1 is 1.03 bits per heavy atom. The first-order chi connectivity index (χ1) is 13.5. The van der Waals surface area contributed by atoms with Gasteiger partial charge in [-0.3, -0.25) is 4.58 Å². The van der Waals surface area contributed by atoms with Crippen molar-refractivity contribution in [3.8, 4) is 0 Å². The lowest BCUT2D eigenvalue weighted by Crippen LogP contribution is -3.00. The SMILES string of the molecule is Cc1ccc(N2C3=[N+](CCCCC3)CC2(O)c2ccc(SC(F)F)cc2)cc1.[Br-]. The molecule has 2 heterocycles. The number of alkyl halides is 2. The van der Waals surface area contributed by atoms with Crippen LogP contribution in [0.25, 0.3) is 0 Å². The Labute approximate surface area is 185 Å². The van der Waals surface area contributed by atoms with Gasteiger partial charge in [-0.05, 0) is 50.5 Å². The first-order valence-electron chi connectivity index (χ1n) is 9.73. The number of anilines is 1. The first kappa shape index (κ1) is 22.2. The highest BCUT2D eigenvalue weighted by Crippen LogP contribution is 2.38. The molecule has 0 aromatic heterocycles. The van der Waals surface area contributed by atoms with Crippen molar-refractivity contribution in [1.29, 1.82) is 0 Å². The Balaban J connectivity index is 0.00000240. The molecule has 0 bridgehead atoms. The third-order valence-corrected chi connectivity index (χ3v) is 6.29. The number of hydrogen-bond donors (Lipinski definition) is 1. The van der Waals surface area contributed by atoms with Crippen molar-refractivity contribution >= 4 is 23.3 Å². The molecule has 0 fully saturated rings. The van der Waals surface area contributed by atoms with Gasteiger partial charge in [0.2, 0.25) is 0 Å². The molecule has 7 heteroatoms. The largest absolute Gasteiger partial charge is 1.00 e. The standard InChI is InChI=1S/C22H25F2N2OS.BrH/c1-16-6-10-18(11-7-16)26-20-5-3-2-4-14-25(20)15-22(26,27)17-8-12-19(13-9-17)28-21(23)24;/h6-13,21,27H,2-5,14-15H2,1H3;1H/q+1;/p-1. The average Bonchev–Trinajstić information content (AvgIpc) is 2.79. The summed E-state index contributed by atoms with van der Waals surface area (Å²) < 4.78 is 27.6. The van der Waals surface area contributed by atoms with Crippen molar-refractivity contribution < 1.29 is 35.4 Å². The molecule has 0 spiro atoms. The van der Waals surface area contributed by atoms with Crippen molar-refractivity contribution in [2.75, 3.05) is 18.0 Å². The summed E-state index contributed by atoms with van der Waals surface area (Å²) in [7, 11) is 0. The summed E-state index contributed by atoms with van der Waals surface area (Å²) >= 11 is 0.526. The van der Waals surface area contributed by atoms with Crippen LogP contribution in [-0.2, 0) is 5.72 Å². The van der Waals surface area contributed by atoms with Crippen molar-refractivity contribution in [3.05, 3.63) is 59.7 Å². The Morgan fingerprint density at radius 3 is 2.38 bits per heavy atom. The Morgan fingerprint density at radius 2 is 1.72 bits per heavy atom. The van der Waals surface area contributed by atoms with E-state index in [0.29, 0.717) is 23.2 Å². The zero-order valence-corrected chi connectivity index (χ0v) is 18.7. The second-order valence-electron chi connectivity index (χ2n) is 7.54. The fourth-order valence-corrected chi connectivity index (χ4v) is 4.70. The molecular weight excluding hydrogens is 458 g/mol.